The molecule has 0 aromatic carbocycles. The van der Waals surface area contributed by atoms with Crippen LogP contribution >= 0.6 is 11.6 Å². The Labute approximate surface area is 92.5 Å². The molecule has 0 unspecified atom stereocenters. The quantitative estimate of drug-likeness (QED) is 0.726. The maximum Gasteiger partial charge on any atom is 0.254 e. The Kier molecular flexibility index (Phi) is 2.88. The molecule has 1 amide bonds. The van der Waals surface area contributed by atoms with Crippen molar-refractivity contribution in [3.05, 3.63) is 29.0 Å². The second-order valence-electron chi connectivity index (χ2n) is 3.56. The van der Waals surface area contributed by atoms with E-state index in [0.29, 0.717) is 30.2 Å². The average Bonchev–Trinajstić information content (AvgIpc) is 2.64. The van der Waals surface area contributed by atoms with Crippen LogP contribution in [-0.4, -0.2) is 40.1 Å². The van der Waals surface area contributed by atoms with Gasteiger partial charge in [-0.1, -0.05) is 11.6 Å². The minimum Gasteiger partial charge on any atom is -0.391 e. The molecule has 0 bridgehead atoms. The van der Waals surface area contributed by atoms with Gasteiger partial charge in [-0.2, -0.15) is 0 Å². The zero-order valence-electron chi connectivity index (χ0n) is 8.06. The van der Waals surface area contributed by atoms with Gasteiger partial charge in [-0.05, 0) is 18.6 Å². The third-order valence-corrected chi connectivity index (χ3v) is 2.63. The molecule has 0 radical (unpaired) electrons. The zero-order valence-corrected chi connectivity index (χ0v) is 8.81. The molecule has 15 heavy (non-hydrogen) atoms. The zero-order chi connectivity index (χ0) is 10.8. The number of aromatic nitrogens is 1. The number of rotatable bonds is 1. The van der Waals surface area contributed by atoms with E-state index in [4.69, 9.17) is 11.6 Å². The fourth-order valence-corrected chi connectivity index (χ4v) is 1.82. The van der Waals surface area contributed by atoms with E-state index in [2.05, 4.69) is 4.98 Å². The Bertz CT molecular complexity index is 383. The summed E-state index contributed by atoms with van der Waals surface area (Å²) in [6.07, 6.45) is 1.75. The van der Waals surface area contributed by atoms with E-state index in [1.54, 1.807) is 11.0 Å². The van der Waals surface area contributed by atoms with Gasteiger partial charge in [-0.25, -0.2) is 4.98 Å². The first-order valence-corrected chi connectivity index (χ1v) is 5.13. The summed E-state index contributed by atoms with van der Waals surface area (Å²) < 4.78 is 0. The van der Waals surface area contributed by atoms with Crippen molar-refractivity contribution in [3.63, 3.8) is 0 Å². The number of halogens is 1. The Hall–Kier alpha value is -1.13. The fraction of sp³-hybridized carbons (Fsp3) is 0.400. The Balaban J connectivity index is 2.14. The van der Waals surface area contributed by atoms with Crippen LogP contribution in [0.4, 0.5) is 0 Å². The molecule has 1 aliphatic heterocycles. The van der Waals surface area contributed by atoms with Crippen molar-refractivity contribution < 1.29 is 9.90 Å². The molecule has 1 aromatic heterocycles. The summed E-state index contributed by atoms with van der Waals surface area (Å²) >= 11 is 5.69. The average molecular weight is 227 g/mol. The number of aliphatic hydroxyl groups excluding tert-OH is 1. The second kappa shape index (κ2) is 4.16. The molecule has 1 aliphatic rings. The van der Waals surface area contributed by atoms with Gasteiger partial charge in [0.25, 0.3) is 5.91 Å². The van der Waals surface area contributed by atoms with Gasteiger partial charge in [0, 0.05) is 24.8 Å². The molecule has 1 N–H and O–H groups in total. The number of carbonyl (C=O) groups excluding carboxylic acids is 1. The van der Waals surface area contributed by atoms with Crippen LogP contribution in [0.1, 0.15) is 16.8 Å². The summed E-state index contributed by atoms with van der Waals surface area (Å²) in [4.78, 5) is 17.3. The lowest BCUT2D eigenvalue weighted by Gasteiger charge is -2.15. The highest BCUT2D eigenvalue weighted by Gasteiger charge is 2.25. The van der Waals surface area contributed by atoms with E-state index in [0.717, 1.165) is 0 Å². The lowest BCUT2D eigenvalue weighted by Crippen LogP contribution is -2.29. The van der Waals surface area contributed by atoms with Gasteiger partial charge in [0.05, 0.1) is 6.10 Å². The number of hydrogen-bond acceptors (Lipinski definition) is 3. The summed E-state index contributed by atoms with van der Waals surface area (Å²) in [6.45, 7) is 0.999. The monoisotopic (exact) mass is 226 g/mol. The van der Waals surface area contributed by atoms with E-state index in [9.17, 15) is 9.90 Å². The molecular formula is C10H11ClN2O2. The molecule has 0 aliphatic carbocycles. The van der Waals surface area contributed by atoms with Crippen LogP contribution in [0.3, 0.4) is 0 Å². The van der Waals surface area contributed by atoms with Gasteiger partial charge < -0.3 is 10.0 Å². The fourth-order valence-electron chi connectivity index (χ4n) is 1.64. The molecule has 80 valence electrons. The van der Waals surface area contributed by atoms with Gasteiger partial charge in [0.15, 0.2) is 0 Å². The van der Waals surface area contributed by atoms with E-state index in [1.165, 1.54) is 12.3 Å². The number of aliphatic hydroxyl groups is 1. The maximum atomic E-state index is 11.9. The van der Waals surface area contributed by atoms with E-state index in [1.807, 2.05) is 0 Å². The Morgan fingerprint density at radius 1 is 1.67 bits per heavy atom. The van der Waals surface area contributed by atoms with Crippen LogP contribution in [0.15, 0.2) is 18.3 Å². The molecule has 5 heteroatoms. The molecular weight excluding hydrogens is 216 g/mol. The van der Waals surface area contributed by atoms with Crippen molar-refractivity contribution in [2.45, 2.75) is 12.5 Å². The predicted molar refractivity (Wildman–Crippen MR) is 55.8 cm³/mol. The van der Waals surface area contributed by atoms with Crippen molar-refractivity contribution in [2.75, 3.05) is 13.1 Å². The molecule has 1 aromatic rings. The minimum atomic E-state index is -0.397. The highest BCUT2D eigenvalue weighted by atomic mass is 35.5. The van der Waals surface area contributed by atoms with Crippen molar-refractivity contribution in [1.29, 1.82) is 0 Å². The van der Waals surface area contributed by atoms with E-state index in [-0.39, 0.29) is 5.91 Å². The van der Waals surface area contributed by atoms with Crippen LogP contribution in [0, 0.1) is 0 Å². The number of amides is 1. The summed E-state index contributed by atoms with van der Waals surface area (Å²) in [6, 6.07) is 3.16. The van der Waals surface area contributed by atoms with Crippen molar-refractivity contribution in [2.24, 2.45) is 0 Å². The van der Waals surface area contributed by atoms with Crippen LogP contribution in [0.2, 0.25) is 5.15 Å². The normalized spacial score (nSPS) is 20.7. The molecule has 2 rings (SSSR count). The highest BCUT2D eigenvalue weighted by molar-refractivity contribution is 6.29. The lowest BCUT2D eigenvalue weighted by atomic mass is 10.2. The number of β-amino-alcohol motifs (C(OH)–C–C–N with tert-alkyl or cyclic N) is 1. The summed E-state index contributed by atoms with van der Waals surface area (Å²) in [5.74, 6) is -0.101. The van der Waals surface area contributed by atoms with Gasteiger partial charge >= 0.3 is 0 Å². The van der Waals surface area contributed by atoms with Gasteiger partial charge in [0.2, 0.25) is 0 Å². The van der Waals surface area contributed by atoms with E-state index < -0.39 is 6.10 Å². The van der Waals surface area contributed by atoms with Crippen LogP contribution in [0.5, 0.6) is 0 Å². The maximum absolute atomic E-state index is 11.9. The Morgan fingerprint density at radius 2 is 2.47 bits per heavy atom. The number of likely N-dealkylation sites (tertiary alicyclic amines) is 1. The largest absolute Gasteiger partial charge is 0.391 e. The SMILES string of the molecule is O=C(c1ccnc(Cl)c1)N1CC[C@H](O)C1. The van der Waals surface area contributed by atoms with Gasteiger partial charge in [-0.15, -0.1) is 0 Å². The molecule has 1 atom stereocenters. The van der Waals surface area contributed by atoms with Crippen molar-refractivity contribution >= 4 is 17.5 Å². The van der Waals surface area contributed by atoms with Crippen molar-refractivity contribution in [3.8, 4) is 0 Å². The van der Waals surface area contributed by atoms with Crippen molar-refractivity contribution in [1.82, 2.24) is 9.88 Å². The van der Waals surface area contributed by atoms with Crippen LogP contribution < -0.4 is 0 Å². The first kappa shape index (κ1) is 10.4. The molecule has 1 fully saturated rings. The number of carbonyl (C=O) groups is 1. The molecule has 2 heterocycles. The van der Waals surface area contributed by atoms with Gasteiger partial charge in [-0.3, -0.25) is 4.79 Å². The summed E-state index contributed by atoms with van der Waals surface area (Å²) in [5.41, 5.74) is 0.518. The smallest absolute Gasteiger partial charge is 0.254 e. The van der Waals surface area contributed by atoms with Crippen LogP contribution in [0.25, 0.3) is 0 Å². The third-order valence-electron chi connectivity index (χ3n) is 2.42. The Morgan fingerprint density at radius 3 is 3.07 bits per heavy atom. The third kappa shape index (κ3) is 2.27. The number of nitrogens with zero attached hydrogens (tertiary/aromatic N) is 2. The first-order chi connectivity index (χ1) is 7.16. The topological polar surface area (TPSA) is 53.4 Å². The van der Waals surface area contributed by atoms with E-state index >= 15 is 0 Å². The molecule has 4 nitrogen and oxygen atoms in total. The first-order valence-electron chi connectivity index (χ1n) is 4.76. The summed E-state index contributed by atoms with van der Waals surface area (Å²) in [7, 11) is 0. The molecule has 1 saturated heterocycles. The number of hydrogen-bond donors (Lipinski definition) is 1. The number of pyridine rings is 1. The lowest BCUT2D eigenvalue weighted by molar-refractivity contribution is 0.0765. The second-order valence-corrected chi connectivity index (χ2v) is 3.95. The predicted octanol–water partition coefficient (Wildman–Crippen LogP) is 0.942. The van der Waals surface area contributed by atoms with Crippen LogP contribution in [-0.2, 0) is 0 Å². The summed E-state index contributed by atoms with van der Waals surface area (Å²) in [5, 5.41) is 9.62. The molecule has 0 spiro atoms. The standard InChI is InChI=1S/C10H11ClN2O2/c11-9-5-7(1-3-12-9)10(15)13-4-2-8(14)6-13/h1,3,5,8,14H,2,4,6H2/t8-/m0/s1. The van der Waals surface area contributed by atoms with Gasteiger partial charge in [0.1, 0.15) is 5.15 Å². The molecule has 0 saturated carbocycles. The minimum absolute atomic E-state index is 0.101. The highest BCUT2D eigenvalue weighted by Crippen LogP contribution is 2.15.